The number of nitro benzene ring substituents is 1. The van der Waals surface area contributed by atoms with Crippen molar-refractivity contribution in [3.63, 3.8) is 0 Å². The van der Waals surface area contributed by atoms with Gasteiger partial charge in [-0.1, -0.05) is 11.6 Å². The third kappa shape index (κ3) is 2.00. The second-order valence-electron chi connectivity index (χ2n) is 2.34. The minimum atomic E-state index is -3.12. The molecular weight excluding hydrogens is 234 g/mol. The van der Waals surface area contributed by atoms with Crippen LogP contribution < -0.4 is 0 Å². The van der Waals surface area contributed by atoms with Crippen molar-refractivity contribution >= 4 is 28.3 Å². The zero-order valence-corrected chi connectivity index (χ0v) is 8.16. The molecule has 8 heteroatoms. The average Bonchev–Trinajstić information content (AvgIpc) is 1.98. The van der Waals surface area contributed by atoms with Gasteiger partial charge in [0.25, 0.3) is 16.7 Å². The zero-order valence-electron chi connectivity index (χ0n) is 6.51. The Kier molecular flexibility index (Phi) is 3.04. The number of nitrogens with zero attached hydrogens (tertiary/aromatic N) is 1. The molecule has 0 spiro atoms. The van der Waals surface area contributed by atoms with E-state index in [-0.39, 0.29) is 5.69 Å². The van der Waals surface area contributed by atoms with Crippen LogP contribution in [-0.2, 0) is 11.0 Å². The Hall–Kier alpha value is -1.18. The number of fused-ring (bicyclic) bond motifs is 1. The molecule has 0 aromatic rings. The SMILES string of the molecule is O=[N+]([O-])c1cc2c(Cl)cc1-2.O=[SH](=O)O. The van der Waals surface area contributed by atoms with Gasteiger partial charge in [0.1, 0.15) is 0 Å². The van der Waals surface area contributed by atoms with Gasteiger partial charge < -0.3 is 0 Å². The number of halogens is 1. The first-order valence-corrected chi connectivity index (χ1v) is 4.76. The Balaban J connectivity index is 0.000000213. The minimum absolute atomic E-state index is 0.180. The Morgan fingerprint density at radius 3 is 2.07 bits per heavy atom. The summed E-state index contributed by atoms with van der Waals surface area (Å²) in [5.74, 6) is 0. The number of rotatable bonds is 1. The molecule has 2 aliphatic carbocycles. The molecule has 0 aliphatic heterocycles. The molecular formula is C6H4ClNO5S. The minimum Gasteiger partial charge on any atom is -0.288 e. The van der Waals surface area contributed by atoms with E-state index in [1.54, 1.807) is 6.07 Å². The van der Waals surface area contributed by atoms with Crippen LogP contribution in [0.15, 0.2) is 12.1 Å². The summed E-state index contributed by atoms with van der Waals surface area (Å²) >= 11 is 5.55. The van der Waals surface area contributed by atoms with E-state index in [4.69, 9.17) is 24.6 Å². The second-order valence-corrected chi connectivity index (χ2v) is 3.23. The lowest BCUT2D eigenvalue weighted by Crippen LogP contribution is -2.01. The lowest BCUT2D eigenvalue weighted by Gasteiger charge is -2.16. The highest BCUT2D eigenvalue weighted by molar-refractivity contribution is 7.66. The fraction of sp³-hybridized carbons (Fsp3) is 0. The summed E-state index contributed by atoms with van der Waals surface area (Å²) < 4.78 is 24.2. The summed E-state index contributed by atoms with van der Waals surface area (Å²) in [6, 6.07) is 3.09. The van der Waals surface area contributed by atoms with Crippen LogP contribution in [0.2, 0.25) is 5.02 Å². The van der Waals surface area contributed by atoms with E-state index in [2.05, 4.69) is 0 Å². The molecule has 0 amide bonds. The monoisotopic (exact) mass is 237 g/mol. The highest BCUT2D eigenvalue weighted by Crippen LogP contribution is 2.48. The summed E-state index contributed by atoms with van der Waals surface area (Å²) in [4.78, 5) is 9.70. The van der Waals surface area contributed by atoms with Gasteiger partial charge in [-0.15, -0.1) is 0 Å². The fourth-order valence-electron chi connectivity index (χ4n) is 0.980. The summed E-state index contributed by atoms with van der Waals surface area (Å²) in [7, 11) is -3.12. The maximum atomic E-state index is 10.1. The third-order valence-corrected chi connectivity index (χ3v) is 1.88. The molecule has 0 atom stereocenters. The van der Waals surface area contributed by atoms with Crippen LogP contribution >= 0.6 is 11.6 Å². The molecule has 6 nitrogen and oxygen atoms in total. The van der Waals surface area contributed by atoms with E-state index in [9.17, 15) is 10.1 Å². The number of hydrogen-bond donors (Lipinski definition) is 2. The first kappa shape index (κ1) is 10.9. The van der Waals surface area contributed by atoms with Crippen LogP contribution in [0.1, 0.15) is 0 Å². The molecule has 0 saturated carbocycles. The highest BCUT2D eigenvalue weighted by Gasteiger charge is 2.29. The van der Waals surface area contributed by atoms with E-state index >= 15 is 0 Å². The molecule has 0 aromatic heterocycles. The molecule has 0 bridgehead atoms. The van der Waals surface area contributed by atoms with Gasteiger partial charge in [0.05, 0.1) is 10.5 Å². The van der Waals surface area contributed by atoms with Gasteiger partial charge in [0.15, 0.2) is 0 Å². The van der Waals surface area contributed by atoms with E-state index in [0.29, 0.717) is 10.6 Å². The molecule has 1 N–H and O–H groups in total. The van der Waals surface area contributed by atoms with Crippen LogP contribution in [0.25, 0.3) is 11.1 Å². The van der Waals surface area contributed by atoms with Gasteiger partial charge in [-0.2, -0.15) is 0 Å². The molecule has 0 aromatic carbocycles. The Morgan fingerprint density at radius 1 is 1.36 bits per heavy atom. The van der Waals surface area contributed by atoms with Crippen molar-refractivity contribution in [2.75, 3.05) is 0 Å². The van der Waals surface area contributed by atoms with E-state index in [0.717, 1.165) is 5.56 Å². The van der Waals surface area contributed by atoms with Crippen LogP contribution in [-0.4, -0.2) is 17.9 Å². The average molecular weight is 238 g/mol. The van der Waals surface area contributed by atoms with Crippen LogP contribution in [0.4, 0.5) is 5.69 Å². The maximum Gasteiger partial charge on any atom is 0.277 e. The number of thiol groups is 1. The summed E-state index contributed by atoms with van der Waals surface area (Å²) in [6.07, 6.45) is 0. The van der Waals surface area contributed by atoms with Crippen molar-refractivity contribution in [2.24, 2.45) is 0 Å². The van der Waals surface area contributed by atoms with Gasteiger partial charge in [-0.05, 0) is 6.07 Å². The topological polar surface area (TPSA) is 97.5 Å². The first-order chi connectivity index (χ1) is 6.43. The van der Waals surface area contributed by atoms with Gasteiger partial charge in [-0.3, -0.25) is 14.7 Å². The van der Waals surface area contributed by atoms with Crippen LogP contribution in [0.5, 0.6) is 0 Å². The predicted octanol–water partition coefficient (Wildman–Crippen LogP) is 1.30. The quantitative estimate of drug-likeness (QED) is 0.337. The van der Waals surface area contributed by atoms with Crippen LogP contribution in [0, 0.1) is 10.1 Å². The second kappa shape index (κ2) is 3.91. The predicted molar refractivity (Wildman–Crippen MR) is 50.0 cm³/mol. The van der Waals surface area contributed by atoms with E-state index in [1.165, 1.54) is 6.07 Å². The Bertz CT molecular complexity index is 462. The lowest BCUT2D eigenvalue weighted by atomic mass is 9.91. The van der Waals surface area contributed by atoms with Crippen molar-refractivity contribution in [1.82, 2.24) is 0 Å². The molecule has 76 valence electrons. The van der Waals surface area contributed by atoms with Gasteiger partial charge in [0.2, 0.25) is 0 Å². The first-order valence-electron chi connectivity index (χ1n) is 3.25. The van der Waals surface area contributed by atoms with Crippen molar-refractivity contribution in [3.05, 3.63) is 27.3 Å². The molecule has 2 rings (SSSR count). The molecule has 0 saturated heterocycles. The summed E-state index contributed by atoms with van der Waals surface area (Å²) in [6.45, 7) is 0. The van der Waals surface area contributed by atoms with Gasteiger partial charge >= 0.3 is 0 Å². The molecule has 14 heavy (non-hydrogen) atoms. The van der Waals surface area contributed by atoms with E-state index in [1.807, 2.05) is 0 Å². The van der Waals surface area contributed by atoms with Crippen molar-refractivity contribution < 1.29 is 17.9 Å². The Labute approximate surface area is 85.0 Å². The standard InChI is InChI=1S/C6H2ClNO2.H2O3S/c7-5-1-4-3(5)2-6(4)8(9)10;1-4(2)3/h1-2H;4H,(H,1,2,3). The molecule has 0 radical (unpaired) electrons. The van der Waals surface area contributed by atoms with Crippen molar-refractivity contribution in [1.29, 1.82) is 0 Å². The zero-order chi connectivity index (χ0) is 10.9. The largest absolute Gasteiger partial charge is 0.288 e. The normalized spacial score (nSPS) is 10.5. The fourth-order valence-corrected chi connectivity index (χ4v) is 1.24. The lowest BCUT2D eigenvalue weighted by molar-refractivity contribution is -0.385. The smallest absolute Gasteiger partial charge is 0.277 e. The summed E-state index contributed by atoms with van der Waals surface area (Å²) in [5, 5.41) is 10.7. The number of hydrogen-bond acceptors (Lipinski definition) is 4. The molecule has 0 fully saturated rings. The summed E-state index contributed by atoms with van der Waals surface area (Å²) in [5.41, 5.74) is 1.70. The van der Waals surface area contributed by atoms with Gasteiger partial charge in [-0.25, -0.2) is 8.42 Å². The molecule has 2 aliphatic rings. The molecule has 0 unspecified atom stereocenters. The molecule has 0 heterocycles. The highest BCUT2D eigenvalue weighted by atomic mass is 35.5. The third-order valence-electron chi connectivity index (χ3n) is 1.57. The van der Waals surface area contributed by atoms with Crippen LogP contribution in [0.3, 0.4) is 0 Å². The van der Waals surface area contributed by atoms with Crippen molar-refractivity contribution in [2.45, 2.75) is 0 Å². The number of nitro groups is 1. The van der Waals surface area contributed by atoms with Crippen molar-refractivity contribution in [3.8, 4) is 11.1 Å². The maximum absolute atomic E-state index is 10.1. The number of benzene rings is 1. The Morgan fingerprint density at radius 2 is 1.86 bits per heavy atom. The van der Waals surface area contributed by atoms with Gasteiger partial charge in [0, 0.05) is 16.7 Å². The van der Waals surface area contributed by atoms with E-state index < -0.39 is 15.9 Å².